The van der Waals surface area contributed by atoms with Gasteiger partial charge in [0.1, 0.15) is 41.0 Å². The molecule has 0 N–H and O–H groups in total. The molecular formula is C33H21BF15NS. The number of fused-ring (bicyclic) bond motifs is 1. The molecule has 18 heteroatoms. The number of benzene rings is 4. The summed E-state index contributed by atoms with van der Waals surface area (Å²) in [5, 5.41) is -0.550. The molecule has 5 aromatic rings. The lowest BCUT2D eigenvalue weighted by Gasteiger charge is -2.45. The number of quaternary nitrogens is 1. The highest BCUT2D eigenvalue weighted by Crippen LogP contribution is 2.45. The van der Waals surface area contributed by atoms with Crippen LogP contribution >= 0.6 is 11.3 Å². The zero-order valence-electron chi connectivity index (χ0n) is 26.4. The van der Waals surface area contributed by atoms with E-state index in [0.29, 0.717) is 11.3 Å². The zero-order chi connectivity index (χ0) is 38.2. The van der Waals surface area contributed by atoms with Crippen molar-refractivity contribution < 1.29 is 70.3 Å². The molecule has 0 spiro atoms. The van der Waals surface area contributed by atoms with Crippen LogP contribution in [0.25, 0.3) is 10.1 Å². The van der Waals surface area contributed by atoms with Gasteiger partial charge in [-0.2, -0.15) is 5.46 Å². The van der Waals surface area contributed by atoms with Crippen LogP contribution in [-0.2, 0) is 0 Å². The highest BCUT2D eigenvalue weighted by atomic mass is 32.1. The van der Waals surface area contributed by atoms with Gasteiger partial charge in [0, 0.05) is 4.70 Å². The first-order valence-corrected chi connectivity index (χ1v) is 15.4. The SMILES string of the molecule is C[N+](C)(C)C.Fc1c(F)c(F)c([B-](c2c(F)c(F)c(F)c(F)c2F)(c2c(F)c(F)c(F)c(F)c2F)c2c(C3CC3)sc3ccccc23)c(F)c1F. The molecule has 1 aliphatic rings. The fourth-order valence-corrected chi connectivity index (χ4v) is 7.52. The number of hydrogen-bond donors (Lipinski definition) is 0. The molecular weight excluding hydrogens is 738 g/mol. The molecule has 51 heavy (non-hydrogen) atoms. The Kier molecular flexibility index (Phi) is 9.77. The Morgan fingerprint density at radius 1 is 0.451 bits per heavy atom. The molecule has 4 aromatic carbocycles. The first kappa shape index (κ1) is 38.1. The summed E-state index contributed by atoms with van der Waals surface area (Å²) in [6.45, 7) is 0. The van der Waals surface area contributed by atoms with Gasteiger partial charge in [0.05, 0.1) is 28.2 Å². The average molecular weight is 759 g/mol. The quantitative estimate of drug-likeness (QED) is 0.0571. The predicted octanol–water partition coefficient (Wildman–Crippen LogP) is 7.57. The van der Waals surface area contributed by atoms with E-state index in [2.05, 4.69) is 28.2 Å². The molecule has 1 aromatic heterocycles. The highest BCUT2D eigenvalue weighted by Gasteiger charge is 2.51. The number of halogens is 15. The molecule has 1 aliphatic carbocycles. The monoisotopic (exact) mass is 759 g/mol. The van der Waals surface area contributed by atoms with Crippen LogP contribution in [0.5, 0.6) is 0 Å². The molecule has 1 saturated carbocycles. The molecule has 0 saturated heterocycles. The van der Waals surface area contributed by atoms with Gasteiger partial charge >= 0.3 is 0 Å². The Morgan fingerprint density at radius 2 is 0.725 bits per heavy atom. The number of hydrogen-bond acceptors (Lipinski definition) is 1. The lowest BCUT2D eigenvalue weighted by atomic mass is 9.12. The first-order chi connectivity index (χ1) is 23.6. The van der Waals surface area contributed by atoms with Gasteiger partial charge in [-0.3, -0.25) is 0 Å². The van der Waals surface area contributed by atoms with Gasteiger partial charge in [0.25, 0.3) is 0 Å². The maximum absolute atomic E-state index is 16.0. The summed E-state index contributed by atoms with van der Waals surface area (Å²) in [5.41, 5.74) is -9.03. The molecule has 272 valence electrons. The van der Waals surface area contributed by atoms with Gasteiger partial charge in [-0.1, -0.05) is 18.2 Å². The van der Waals surface area contributed by atoms with E-state index < -0.39 is 127 Å². The summed E-state index contributed by atoms with van der Waals surface area (Å²) >= 11 is 0.571. The maximum atomic E-state index is 16.0. The molecule has 0 amide bonds. The number of thiophene rings is 1. The number of rotatable bonds is 5. The van der Waals surface area contributed by atoms with E-state index in [4.69, 9.17) is 0 Å². The van der Waals surface area contributed by atoms with Crippen molar-refractivity contribution in [3.63, 3.8) is 0 Å². The molecule has 0 aliphatic heterocycles. The van der Waals surface area contributed by atoms with Crippen LogP contribution in [0.4, 0.5) is 65.9 Å². The van der Waals surface area contributed by atoms with Crippen LogP contribution in [0.3, 0.4) is 0 Å². The van der Waals surface area contributed by atoms with Crippen LogP contribution < -0.4 is 21.9 Å². The van der Waals surface area contributed by atoms with Gasteiger partial charge in [-0.05, 0) is 35.1 Å². The normalized spacial score (nSPS) is 13.5. The first-order valence-electron chi connectivity index (χ1n) is 14.6. The van der Waals surface area contributed by atoms with Gasteiger partial charge in [0.2, 0.25) is 0 Å². The largest absolute Gasteiger partial charge is 0.333 e. The molecule has 6 rings (SSSR count). The van der Waals surface area contributed by atoms with Gasteiger partial charge in [-0.15, -0.1) is 27.7 Å². The van der Waals surface area contributed by atoms with Crippen molar-refractivity contribution in [2.24, 2.45) is 0 Å². The summed E-state index contributed by atoms with van der Waals surface area (Å²) in [4.78, 5) is -0.377. The Hall–Kier alpha value is -4.19. The van der Waals surface area contributed by atoms with Gasteiger partial charge in [-0.25, -0.2) is 65.9 Å². The minimum atomic E-state index is -5.80. The fraction of sp³-hybridized carbons (Fsp3) is 0.212. The average Bonchev–Trinajstić information content (AvgIpc) is 3.85. The predicted molar refractivity (Wildman–Crippen MR) is 161 cm³/mol. The van der Waals surface area contributed by atoms with E-state index in [0.717, 1.165) is 16.6 Å². The summed E-state index contributed by atoms with van der Waals surface area (Å²) in [7, 11) is 8.50. The third-order valence-electron chi connectivity index (χ3n) is 8.07. The lowest BCUT2D eigenvalue weighted by molar-refractivity contribution is -0.849. The van der Waals surface area contributed by atoms with Crippen molar-refractivity contribution in [2.75, 3.05) is 28.2 Å². The van der Waals surface area contributed by atoms with Crippen molar-refractivity contribution in [1.82, 2.24) is 0 Å². The van der Waals surface area contributed by atoms with Crippen LogP contribution in [-0.4, -0.2) is 38.8 Å². The van der Waals surface area contributed by atoms with E-state index in [1.165, 1.54) is 12.1 Å². The van der Waals surface area contributed by atoms with Crippen molar-refractivity contribution in [3.05, 3.63) is 116 Å². The Morgan fingerprint density at radius 3 is 1.02 bits per heavy atom. The number of nitrogens with zero attached hydrogens (tertiary/aromatic N) is 1. The molecule has 0 radical (unpaired) electrons. The lowest BCUT2D eigenvalue weighted by Crippen LogP contribution is -2.80. The van der Waals surface area contributed by atoms with Crippen LogP contribution in [0, 0.1) is 87.3 Å². The molecule has 0 atom stereocenters. The highest BCUT2D eigenvalue weighted by molar-refractivity contribution is 7.27. The zero-order valence-corrected chi connectivity index (χ0v) is 27.2. The second kappa shape index (κ2) is 13.1. The van der Waals surface area contributed by atoms with E-state index in [1.807, 2.05) is 0 Å². The summed E-state index contributed by atoms with van der Waals surface area (Å²) in [6, 6.07) is 4.54. The Balaban J connectivity index is 0.000000943. The van der Waals surface area contributed by atoms with Crippen molar-refractivity contribution >= 4 is 49.4 Å². The molecule has 1 nitrogen and oxygen atoms in total. The van der Waals surface area contributed by atoms with E-state index >= 15 is 26.3 Å². The van der Waals surface area contributed by atoms with Crippen LogP contribution in [0.1, 0.15) is 23.6 Å². The third-order valence-corrected chi connectivity index (χ3v) is 9.42. The fourth-order valence-electron chi connectivity index (χ4n) is 6.05. The van der Waals surface area contributed by atoms with Crippen molar-refractivity contribution in [1.29, 1.82) is 0 Å². The molecule has 1 heterocycles. The van der Waals surface area contributed by atoms with E-state index in [-0.39, 0.29) is 22.4 Å². The Labute approximate surface area is 283 Å². The Bertz CT molecular complexity index is 1980. The topological polar surface area (TPSA) is 0 Å². The standard InChI is InChI=1S/C29H9BF15S.C4H12N/c31-14-11(15(32)21(38)26(43)20(14)37)30(12-16(33)22(39)27(44)23(40)17(12)34,13-18(35)24(41)28(45)25(42)19(13)36)10-8-3-1-2-4-9(8)46-29(10)7-5-6-7;1-5(2,3)4/h1-4,7H,5-6H2;1-4H3/q-1;+1. The second-order valence-corrected chi connectivity index (χ2v) is 14.2. The minimum absolute atomic E-state index is 0.0812. The minimum Gasteiger partial charge on any atom is -0.333 e. The summed E-state index contributed by atoms with van der Waals surface area (Å²) < 4.78 is 229. The van der Waals surface area contributed by atoms with E-state index in [9.17, 15) is 39.5 Å². The summed E-state index contributed by atoms with van der Waals surface area (Å²) in [6.07, 6.45) is -5.59. The maximum Gasteiger partial charge on any atom is 0.200 e. The smallest absolute Gasteiger partial charge is 0.200 e. The van der Waals surface area contributed by atoms with Gasteiger partial charge < -0.3 is 4.48 Å². The van der Waals surface area contributed by atoms with Crippen LogP contribution in [0.15, 0.2) is 24.3 Å². The second-order valence-electron chi connectivity index (χ2n) is 13.2. The van der Waals surface area contributed by atoms with Gasteiger partial charge in [0.15, 0.2) is 52.4 Å². The van der Waals surface area contributed by atoms with Crippen molar-refractivity contribution in [3.8, 4) is 0 Å². The molecule has 0 unspecified atom stereocenters. The van der Waals surface area contributed by atoms with E-state index in [1.54, 1.807) is 0 Å². The van der Waals surface area contributed by atoms with Crippen LogP contribution in [0.2, 0.25) is 0 Å². The van der Waals surface area contributed by atoms with Crippen molar-refractivity contribution in [2.45, 2.75) is 18.8 Å². The molecule has 0 bridgehead atoms. The third kappa shape index (κ3) is 5.93. The summed E-state index contributed by atoms with van der Waals surface area (Å²) in [5.74, 6) is -45.9. The molecule has 1 fully saturated rings.